The predicted octanol–water partition coefficient (Wildman–Crippen LogP) is 3.14. The molecule has 4 rings (SSSR count). The lowest BCUT2D eigenvalue weighted by atomic mass is 9.45. The molecule has 122 valence electrons. The molecule has 3 nitrogen and oxygen atoms in total. The summed E-state index contributed by atoms with van der Waals surface area (Å²) in [5, 5.41) is 9.95. The summed E-state index contributed by atoms with van der Waals surface area (Å²) in [6, 6.07) is 0. The number of fused-ring (bicyclic) bond motifs is 5. The van der Waals surface area contributed by atoms with Gasteiger partial charge in [0, 0.05) is 18.8 Å². The number of hydrogen-bond donors (Lipinski definition) is 1. The fraction of sp³-hybridized carbons (Fsp3) is 0.895. The van der Waals surface area contributed by atoms with Crippen LogP contribution in [0.1, 0.15) is 65.2 Å². The molecule has 0 aliphatic heterocycles. The minimum absolute atomic E-state index is 0.0352. The molecular formula is C19H28O3. The number of carbonyl (C=O) groups excluding carboxylic acids is 2. The number of carbonyl (C=O) groups is 2. The minimum Gasteiger partial charge on any atom is -0.385 e. The Morgan fingerprint density at radius 1 is 1.05 bits per heavy atom. The van der Waals surface area contributed by atoms with Crippen molar-refractivity contribution in [2.45, 2.75) is 71.3 Å². The van der Waals surface area contributed by atoms with Gasteiger partial charge in [0.1, 0.15) is 11.9 Å². The van der Waals surface area contributed by atoms with Crippen molar-refractivity contribution >= 4 is 11.6 Å². The monoisotopic (exact) mass is 304 g/mol. The molecule has 1 N–H and O–H groups in total. The lowest BCUT2D eigenvalue weighted by molar-refractivity contribution is -0.164. The number of aliphatic hydroxyl groups excluding tert-OH is 1. The average Bonchev–Trinajstić information content (AvgIpc) is 2.81. The van der Waals surface area contributed by atoms with E-state index in [0.29, 0.717) is 36.4 Å². The zero-order chi connectivity index (χ0) is 15.7. The first-order valence-corrected chi connectivity index (χ1v) is 9.09. The lowest BCUT2D eigenvalue weighted by Gasteiger charge is -2.58. The second-order valence-corrected chi connectivity index (χ2v) is 9.11. The van der Waals surface area contributed by atoms with Crippen LogP contribution in [0.5, 0.6) is 0 Å². The lowest BCUT2D eigenvalue weighted by Crippen LogP contribution is -2.58. The molecule has 0 amide bonds. The van der Waals surface area contributed by atoms with Crippen molar-refractivity contribution in [2.75, 3.05) is 0 Å². The largest absolute Gasteiger partial charge is 0.385 e. The van der Waals surface area contributed by atoms with E-state index in [2.05, 4.69) is 13.8 Å². The molecule has 4 saturated carbocycles. The van der Waals surface area contributed by atoms with Crippen LogP contribution < -0.4 is 0 Å². The summed E-state index contributed by atoms with van der Waals surface area (Å²) in [4.78, 5) is 25.2. The molecule has 3 heteroatoms. The van der Waals surface area contributed by atoms with Crippen molar-refractivity contribution in [3.05, 3.63) is 0 Å². The molecule has 0 radical (unpaired) electrons. The van der Waals surface area contributed by atoms with Crippen LogP contribution in [-0.4, -0.2) is 22.8 Å². The molecule has 0 aromatic heterocycles. The van der Waals surface area contributed by atoms with Gasteiger partial charge in [-0.25, -0.2) is 0 Å². The molecule has 4 aliphatic carbocycles. The minimum atomic E-state index is -0.787. The van der Waals surface area contributed by atoms with Crippen molar-refractivity contribution in [2.24, 2.45) is 34.5 Å². The van der Waals surface area contributed by atoms with Gasteiger partial charge in [-0.3, -0.25) is 9.59 Å². The van der Waals surface area contributed by atoms with Gasteiger partial charge in [0.25, 0.3) is 0 Å². The van der Waals surface area contributed by atoms with Crippen molar-refractivity contribution in [3.8, 4) is 0 Å². The molecule has 4 fully saturated rings. The van der Waals surface area contributed by atoms with E-state index in [9.17, 15) is 14.7 Å². The van der Waals surface area contributed by atoms with Crippen molar-refractivity contribution in [1.29, 1.82) is 0 Å². The second kappa shape index (κ2) is 4.66. The molecule has 0 spiro atoms. The van der Waals surface area contributed by atoms with Crippen LogP contribution >= 0.6 is 0 Å². The quantitative estimate of drug-likeness (QED) is 0.748. The van der Waals surface area contributed by atoms with E-state index >= 15 is 0 Å². The fourth-order valence-electron chi connectivity index (χ4n) is 6.93. The van der Waals surface area contributed by atoms with Gasteiger partial charge in [0.15, 0.2) is 5.78 Å². The van der Waals surface area contributed by atoms with Gasteiger partial charge in [-0.1, -0.05) is 20.3 Å². The van der Waals surface area contributed by atoms with E-state index in [1.165, 1.54) is 19.3 Å². The van der Waals surface area contributed by atoms with Crippen LogP contribution in [0.3, 0.4) is 0 Å². The Kier molecular flexibility index (Phi) is 3.15. The van der Waals surface area contributed by atoms with Crippen molar-refractivity contribution < 1.29 is 14.7 Å². The van der Waals surface area contributed by atoms with Crippen LogP contribution in [0.2, 0.25) is 0 Å². The van der Waals surface area contributed by atoms with Crippen LogP contribution in [0.4, 0.5) is 0 Å². The van der Waals surface area contributed by atoms with Gasteiger partial charge >= 0.3 is 0 Å². The summed E-state index contributed by atoms with van der Waals surface area (Å²) < 4.78 is 0. The smallest absolute Gasteiger partial charge is 0.161 e. The van der Waals surface area contributed by atoms with Gasteiger partial charge in [0.2, 0.25) is 0 Å². The molecule has 0 aromatic carbocycles. The van der Waals surface area contributed by atoms with E-state index in [-0.39, 0.29) is 22.5 Å². The Labute approximate surface area is 132 Å². The zero-order valence-electron chi connectivity index (χ0n) is 13.8. The van der Waals surface area contributed by atoms with Crippen LogP contribution in [0, 0.1) is 34.5 Å². The van der Waals surface area contributed by atoms with Gasteiger partial charge in [0.05, 0.1) is 0 Å². The van der Waals surface area contributed by atoms with E-state index in [1.54, 1.807) is 0 Å². The Morgan fingerprint density at radius 3 is 2.59 bits per heavy atom. The first kappa shape index (κ1) is 14.9. The first-order chi connectivity index (χ1) is 10.3. The number of aliphatic hydroxyl groups is 1. The highest BCUT2D eigenvalue weighted by Gasteiger charge is 2.62. The van der Waals surface area contributed by atoms with Crippen LogP contribution in [0.15, 0.2) is 0 Å². The summed E-state index contributed by atoms with van der Waals surface area (Å²) in [6.07, 6.45) is 6.85. The van der Waals surface area contributed by atoms with E-state index in [0.717, 1.165) is 19.3 Å². The molecule has 0 aromatic rings. The number of rotatable bonds is 0. The summed E-state index contributed by atoms with van der Waals surface area (Å²) in [5.41, 5.74) is 0.0276. The number of hydrogen-bond acceptors (Lipinski definition) is 3. The molecular weight excluding hydrogens is 276 g/mol. The third kappa shape index (κ3) is 1.84. The average molecular weight is 304 g/mol. The second-order valence-electron chi connectivity index (χ2n) is 9.11. The van der Waals surface area contributed by atoms with Crippen molar-refractivity contribution in [1.82, 2.24) is 0 Å². The number of Topliss-reactive ketones (excluding diaryl/α,β-unsaturated/α-hetero) is 2. The maximum absolute atomic E-state index is 13.1. The van der Waals surface area contributed by atoms with Crippen LogP contribution in [0.25, 0.3) is 0 Å². The van der Waals surface area contributed by atoms with E-state index < -0.39 is 6.10 Å². The summed E-state index contributed by atoms with van der Waals surface area (Å²) in [5.74, 6) is 1.96. The SMILES string of the molecule is C[C@@]12CCC[C@H]1[C@@H]1CCC3CC(O)C(=O)C[C@]3(C)[C@H]1C(=O)C2. The normalized spacial score (nSPS) is 54.6. The van der Waals surface area contributed by atoms with Crippen molar-refractivity contribution in [3.63, 3.8) is 0 Å². The predicted molar refractivity (Wildman–Crippen MR) is 83.1 cm³/mol. The highest BCUT2D eigenvalue weighted by molar-refractivity contribution is 5.88. The third-order valence-electron chi connectivity index (χ3n) is 7.95. The molecule has 22 heavy (non-hydrogen) atoms. The maximum Gasteiger partial charge on any atom is 0.161 e. The molecule has 7 atom stereocenters. The summed E-state index contributed by atoms with van der Waals surface area (Å²) in [6.45, 7) is 4.50. The standard InChI is InChI=1S/C19H28O3/c1-18-7-3-4-13(18)12-6-5-11-8-14(20)15(21)10-19(11,2)17(12)16(22)9-18/h11-14,17,20H,3-10H2,1-2H3/t11?,12-,13-,14?,17+,18-,19-/m0/s1. The van der Waals surface area contributed by atoms with E-state index in [4.69, 9.17) is 0 Å². The zero-order valence-corrected chi connectivity index (χ0v) is 13.8. The third-order valence-corrected chi connectivity index (χ3v) is 7.95. The molecule has 0 bridgehead atoms. The first-order valence-electron chi connectivity index (χ1n) is 9.09. The Morgan fingerprint density at radius 2 is 1.82 bits per heavy atom. The molecule has 0 saturated heterocycles. The van der Waals surface area contributed by atoms with Gasteiger partial charge in [-0.2, -0.15) is 0 Å². The Hall–Kier alpha value is -0.700. The molecule has 0 heterocycles. The Balaban J connectivity index is 1.71. The highest BCUT2D eigenvalue weighted by Crippen LogP contribution is 2.64. The summed E-state index contributed by atoms with van der Waals surface area (Å²) >= 11 is 0. The van der Waals surface area contributed by atoms with Crippen LogP contribution in [-0.2, 0) is 9.59 Å². The molecule has 2 unspecified atom stereocenters. The maximum atomic E-state index is 13.1. The van der Waals surface area contributed by atoms with Gasteiger partial charge < -0.3 is 5.11 Å². The highest BCUT2D eigenvalue weighted by atomic mass is 16.3. The van der Waals surface area contributed by atoms with Gasteiger partial charge in [-0.05, 0) is 60.7 Å². The molecule has 4 aliphatic rings. The summed E-state index contributed by atoms with van der Waals surface area (Å²) in [7, 11) is 0. The Bertz CT molecular complexity index is 527. The number of ketones is 2. The topological polar surface area (TPSA) is 54.4 Å². The van der Waals surface area contributed by atoms with Gasteiger partial charge in [-0.15, -0.1) is 0 Å². The fourth-order valence-corrected chi connectivity index (χ4v) is 6.93. The van der Waals surface area contributed by atoms with E-state index in [1.807, 2.05) is 0 Å².